The minimum atomic E-state index is 0. The monoisotopic (exact) mass is 432 g/mol. The number of amides is 2. The molecule has 0 radical (unpaired) electrons. The fraction of sp³-hybridized carbons (Fsp3) is 0.667. The van der Waals surface area contributed by atoms with Gasteiger partial charge in [0.25, 0.3) is 0 Å². The minimum Gasteiger partial charge on any atom is -0.355 e. The van der Waals surface area contributed by atoms with Gasteiger partial charge in [0.05, 0.1) is 0 Å². The summed E-state index contributed by atoms with van der Waals surface area (Å²) in [5, 5.41) is 2.91. The number of nitrogens with one attached hydrogen (secondary N) is 1. The molecule has 2 heterocycles. The maximum atomic E-state index is 12.4. The molecule has 28 heavy (non-hydrogen) atoms. The van der Waals surface area contributed by atoms with Gasteiger partial charge in [0.1, 0.15) is 0 Å². The van der Waals surface area contributed by atoms with Gasteiger partial charge in [0.15, 0.2) is 0 Å². The zero-order valence-electron chi connectivity index (χ0n) is 16.0. The van der Waals surface area contributed by atoms with E-state index in [9.17, 15) is 9.59 Å². The van der Waals surface area contributed by atoms with Gasteiger partial charge in [-0.15, -0.1) is 24.8 Å². The van der Waals surface area contributed by atoms with Gasteiger partial charge in [-0.05, 0) is 25.3 Å². The van der Waals surface area contributed by atoms with Crippen LogP contribution in [0, 0.1) is 5.92 Å². The highest BCUT2D eigenvalue weighted by Crippen LogP contribution is 2.23. The molecule has 10 heteroatoms. The van der Waals surface area contributed by atoms with Crippen LogP contribution >= 0.6 is 24.8 Å². The number of anilines is 1. The molecule has 2 amide bonds. The van der Waals surface area contributed by atoms with Crippen LogP contribution in [0.5, 0.6) is 0 Å². The normalized spacial score (nSPS) is 21.9. The Kier molecular flexibility index (Phi) is 10.5. The van der Waals surface area contributed by atoms with E-state index >= 15 is 0 Å². The molecule has 158 valence electrons. The van der Waals surface area contributed by atoms with Gasteiger partial charge in [0.2, 0.25) is 17.8 Å². The second kappa shape index (κ2) is 12.0. The first-order valence-corrected chi connectivity index (χ1v) is 9.46. The number of rotatable bonds is 5. The zero-order chi connectivity index (χ0) is 18.4. The number of hydrogen-bond acceptors (Lipinski definition) is 6. The summed E-state index contributed by atoms with van der Waals surface area (Å²) in [5.41, 5.74) is 5.94. The predicted octanol–water partition coefficient (Wildman–Crippen LogP) is 0.993. The average Bonchev–Trinajstić information content (AvgIpc) is 2.68. The van der Waals surface area contributed by atoms with Crippen molar-refractivity contribution in [1.29, 1.82) is 0 Å². The average molecular weight is 433 g/mol. The lowest BCUT2D eigenvalue weighted by Crippen LogP contribution is -2.49. The Balaban J connectivity index is 0.00000196. The first-order chi connectivity index (χ1) is 12.6. The van der Waals surface area contributed by atoms with E-state index in [0.717, 1.165) is 38.8 Å². The highest BCUT2D eigenvalue weighted by Gasteiger charge is 2.26. The van der Waals surface area contributed by atoms with Crippen molar-refractivity contribution in [3.8, 4) is 0 Å². The minimum absolute atomic E-state index is 0. The molecule has 1 aliphatic carbocycles. The van der Waals surface area contributed by atoms with Crippen molar-refractivity contribution in [1.82, 2.24) is 20.2 Å². The van der Waals surface area contributed by atoms with Crippen LogP contribution in [-0.2, 0) is 9.59 Å². The highest BCUT2D eigenvalue weighted by molar-refractivity contribution is 5.85. The lowest BCUT2D eigenvalue weighted by molar-refractivity contribution is -0.131. The SMILES string of the molecule is Cl.Cl.NC1CCCC(C(=O)NCCC(=O)N2CCN(c3ncccn3)CC2)C1. The van der Waals surface area contributed by atoms with E-state index in [1.807, 2.05) is 4.90 Å². The third kappa shape index (κ3) is 6.76. The van der Waals surface area contributed by atoms with E-state index in [1.165, 1.54) is 0 Å². The van der Waals surface area contributed by atoms with Gasteiger partial charge >= 0.3 is 0 Å². The van der Waals surface area contributed by atoms with Crippen molar-refractivity contribution < 1.29 is 9.59 Å². The molecule has 1 aromatic heterocycles. The molecule has 0 bridgehead atoms. The van der Waals surface area contributed by atoms with Crippen molar-refractivity contribution in [2.24, 2.45) is 11.7 Å². The van der Waals surface area contributed by atoms with E-state index in [4.69, 9.17) is 5.73 Å². The van der Waals surface area contributed by atoms with Crippen LogP contribution in [-0.4, -0.2) is 65.4 Å². The number of carbonyl (C=O) groups is 2. The summed E-state index contributed by atoms with van der Waals surface area (Å²) >= 11 is 0. The first kappa shape index (κ1) is 24.4. The zero-order valence-corrected chi connectivity index (χ0v) is 17.6. The lowest BCUT2D eigenvalue weighted by Gasteiger charge is -2.34. The second-order valence-electron chi connectivity index (χ2n) is 7.08. The maximum absolute atomic E-state index is 12.4. The summed E-state index contributed by atoms with van der Waals surface area (Å²) < 4.78 is 0. The van der Waals surface area contributed by atoms with Gasteiger partial charge in [-0.2, -0.15) is 0 Å². The Morgan fingerprint density at radius 3 is 2.43 bits per heavy atom. The fourth-order valence-corrected chi connectivity index (χ4v) is 3.67. The number of hydrogen-bond donors (Lipinski definition) is 2. The van der Waals surface area contributed by atoms with E-state index in [2.05, 4.69) is 20.2 Å². The second-order valence-corrected chi connectivity index (χ2v) is 7.08. The van der Waals surface area contributed by atoms with Crippen LogP contribution in [0.25, 0.3) is 0 Å². The van der Waals surface area contributed by atoms with E-state index in [1.54, 1.807) is 18.5 Å². The molecule has 3 rings (SSSR count). The summed E-state index contributed by atoms with van der Waals surface area (Å²) in [4.78, 5) is 37.0. The summed E-state index contributed by atoms with van der Waals surface area (Å²) in [5.74, 6) is 0.832. The molecule has 1 aliphatic heterocycles. The molecule has 2 aliphatic rings. The fourth-order valence-electron chi connectivity index (χ4n) is 3.67. The number of nitrogens with zero attached hydrogens (tertiary/aromatic N) is 4. The van der Waals surface area contributed by atoms with Gasteiger partial charge in [-0.1, -0.05) is 6.42 Å². The van der Waals surface area contributed by atoms with Crippen molar-refractivity contribution in [3.05, 3.63) is 18.5 Å². The standard InChI is InChI=1S/C18H28N6O2.2ClH/c19-15-4-1-3-14(13-15)17(26)20-8-5-16(25)23-9-11-24(12-10-23)18-21-6-2-7-22-18;;/h2,6-7,14-15H,1,3-5,8-13,19H2,(H,20,26);2*1H. The van der Waals surface area contributed by atoms with Gasteiger partial charge in [0, 0.05) is 63.5 Å². The van der Waals surface area contributed by atoms with Crippen LogP contribution in [0.2, 0.25) is 0 Å². The maximum Gasteiger partial charge on any atom is 0.225 e. The Bertz CT molecular complexity index is 613. The summed E-state index contributed by atoms with van der Waals surface area (Å²) in [6.07, 6.45) is 7.45. The smallest absolute Gasteiger partial charge is 0.225 e. The number of piperazine rings is 1. The Hall–Kier alpha value is -1.64. The predicted molar refractivity (Wildman–Crippen MR) is 113 cm³/mol. The number of carbonyl (C=O) groups excluding carboxylic acids is 2. The molecular weight excluding hydrogens is 403 g/mol. The molecule has 1 saturated heterocycles. The lowest BCUT2D eigenvalue weighted by atomic mass is 9.85. The molecule has 1 aromatic rings. The Morgan fingerprint density at radius 1 is 1.11 bits per heavy atom. The molecule has 8 nitrogen and oxygen atoms in total. The van der Waals surface area contributed by atoms with Crippen LogP contribution in [0.3, 0.4) is 0 Å². The van der Waals surface area contributed by atoms with Crippen LogP contribution in [0.1, 0.15) is 32.1 Å². The molecule has 1 saturated carbocycles. The van der Waals surface area contributed by atoms with Gasteiger partial charge in [-0.3, -0.25) is 9.59 Å². The number of halogens is 2. The Morgan fingerprint density at radius 2 is 1.79 bits per heavy atom. The van der Waals surface area contributed by atoms with Crippen LogP contribution in [0.4, 0.5) is 5.95 Å². The molecule has 3 N–H and O–H groups in total. The highest BCUT2D eigenvalue weighted by atomic mass is 35.5. The third-order valence-corrected chi connectivity index (χ3v) is 5.19. The van der Waals surface area contributed by atoms with Crippen LogP contribution < -0.4 is 16.0 Å². The Labute approximate surface area is 178 Å². The quantitative estimate of drug-likeness (QED) is 0.718. The molecule has 2 unspecified atom stereocenters. The van der Waals surface area contributed by atoms with Crippen molar-refractivity contribution in [2.45, 2.75) is 38.1 Å². The molecule has 0 spiro atoms. The number of aromatic nitrogens is 2. The summed E-state index contributed by atoms with van der Waals surface area (Å²) in [7, 11) is 0. The summed E-state index contributed by atoms with van der Waals surface area (Å²) in [6.45, 7) is 3.15. The van der Waals surface area contributed by atoms with Gasteiger partial charge in [-0.25, -0.2) is 9.97 Å². The van der Waals surface area contributed by atoms with E-state index in [-0.39, 0.29) is 48.6 Å². The first-order valence-electron chi connectivity index (χ1n) is 9.46. The van der Waals surface area contributed by atoms with Crippen molar-refractivity contribution in [3.63, 3.8) is 0 Å². The molecular formula is C18H30Cl2N6O2. The summed E-state index contributed by atoms with van der Waals surface area (Å²) in [6, 6.07) is 1.92. The van der Waals surface area contributed by atoms with E-state index in [0.29, 0.717) is 32.0 Å². The third-order valence-electron chi connectivity index (χ3n) is 5.19. The van der Waals surface area contributed by atoms with E-state index < -0.39 is 0 Å². The van der Waals surface area contributed by atoms with Crippen molar-refractivity contribution >= 4 is 42.6 Å². The molecule has 0 aromatic carbocycles. The van der Waals surface area contributed by atoms with Gasteiger partial charge < -0.3 is 20.9 Å². The molecule has 2 fully saturated rings. The topological polar surface area (TPSA) is 104 Å². The van der Waals surface area contributed by atoms with Crippen LogP contribution in [0.15, 0.2) is 18.5 Å². The molecule has 2 atom stereocenters. The number of nitrogens with two attached hydrogens (primary N) is 1. The largest absolute Gasteiger partial charge is 0.355 e. The van der Waals surface area contributed by atoms with Crippen molar-refractivity contribution in [2.75, 3.05) is 37.6 Å².